The highest BCUT2D eigenvalue weighted by Crippen LogP contribution is 2.14. The molecule has 0 unspecified atom stereocenters. The fourth-order valence-electron chi connectivity index (χ4n) is 1.44. The number of quaternary nitrogens is 1. The predicted octanol–water partition coefficient (Wildman–Crippen LogP) is 2.93. The van der Waals surface area contributed by atoms with E-state index < -0.39 is 0 Å². The van der Waals surface area contributed by atoms with Crippen LogP contribution in [0, 0.1) is 0 Å². The summed E-state index contributed by atoms with van der Waals surface area (Å²) in [4.78, 5) is 0. The van der Waals surface area contributed by atoms with Gasteiger partial charge in [0.25, 0.3) is 0 Å². The minimum absolute atomic E-state index is 0.965. The number of rotatable bonds is 3. The van der Waals surface area contributed by atoms with Crippen LogP contribution in [0.25, 0.3) is 5.57 Å². The van der Waals surface area contributed by atoms with Crippen molar-refractivity contribution >= 4 is 5.57 Å². The van der Waals surface area contributed by atoms with Crippen LogP contribution in [0.15, 0.2) is 30.8 Å². The molecule has 0 spiro atoms. The number of allylic oxidation sites excluding steroid dienone is 1. The third-order valence-electron chi connectivity index (χ3n) is 2.10. The van der Waals surface area contributed by atoms with E-state index in [4.69, 9.17) is 0 Å². The number of benzene rings is 1. The van der Waals surface area contributed by atoms with Crippen molar-refractivity contribution in [1.29, 1.82) is 0 Å². The highest BCUT2D eigenvalue weighted by atomic mass is 15.3. The molecule has 0 aliphatic heterocycles. The fraction of sp³-hybridized carbons (Fsp3) is 0.385. The number of hydrogen-bond acceptors (Lipinski definition) is 0. The topological polar surface area (TPSA) is 0 Å². The van der Waals surface area contributed by atoms with Gasteiger partial charge in [-0.1, -0.05) is 36.4 Å². The van der Waals surface area contributed by atoms with Gasteiger partial charge in [0.15, 0.2) is 0 Å². The monoisotopic (exact) mass is 190 g/mol. The summed E-state index contributed by atoms with van der Waals surface area (Å²) in [6, 6.07) is 8.67. The first-order valence-electron chi connectivity index (χ1n) is 4.94. The highest BCUT2D eigenvalue weighted by Gasteiger charge is 2.07. The van der Waals surface area contributed by atoms with Crippen molar-refractivity contribution in [3.05, 3.63) is 42.0 Å². The molecule has 0 heterocycles. The van der Waals surface area contributed by atoms with E-state index >= 15 is 0 Å². The van der Waals surface area contributed by atoms with Crippen LogP contribution in [0.5, 0.6) is 0 Å². The lowest BCUT2D eigenvalue weighted by Gasteiger charge is -2.23. The first kappa shape index (κ1) is 11.0. The fourth-order valence-corrected chi connectivity index (χ4v) is 1.44. The normalized spacial score (nSPS) is 11.4. The number of hydrogen-bond donors (Lipinski definition) is 0. The van der Waals surface area contributed by atoms with E-state index in [1.165, 1.54) is 11.1 Å². The van der Waals surface area contributed by atoms with Crippen molar-refractivity contribution in [1.82, 2.24) is 0 Å². The van der Waals surface area contributed by atoms with E-state index in [-0.39, 0.29) is 0 Å². The summed E-state index contributed by atoms with van der Waals surface area (Å²) in [5, 5.41) is 0. The van der Waals surface area contributed by atoms with Gasteiger partial charge in [-0.3, -0.25) is 0 Å². The second kappa shape index (κ2) is 3.97. The van der Waals surface area contributed by atoms with E-state index in [1.54, 1.807) is 0 Å². The molecule has 0 saturated heterocycles. The van der Waals surface area contributed by atoms with Crippen LogP contribution in [0.4, 0.5) is 0 Å². The minimum Gasteiger partial charge on any atom is -0.327 e. The first-order valence-corrected chi connectivity index (χ1v) is 4.94. The molecule has 0 aromatic heterocycles. The van der Waals surface area contributed by atoms with Gasteiger partial charge >= 0.3 is 0 Å². The predicted molar refractivity (Wildman–Crippen MR) is 62.9 cm³/mol. The first-order chi connectivity index (χ1) is 6.38. The number of nitrogens with zero attached hydrogens (tertiary/aromatic N) is 1. The van der Waals surface area contributed by atoms with Crippen molar-refractivity contribution in [2.45, 2.75) is 13.5 Å². The lowest BCUT2D eigenvalue weighted by molar-refractivity contribution is -0.884. The zero-order chi connectivity index (χ0) is 10.8. The summed E-state index contributed by atoms with van der Waals surface area (Å²) in [7, 11) is 6.60. The zero-order valence-electron chi connectivity index (χ0n) is 9.67. The van der Waals surface area contributed by atoms with Crippen LogP contribution >= 0.6 is 0 Å². The van der Waals surface area contributed by atoms with Gasteiger partial charge in [0, 0.05) is 5.56 Å². The van der Waals surface area contributed by atoms with Crippen molar-refractivity contribution in [2.75, 3.05) is 21.1 Å². The van der Waals surface area contributed by atoms with Gasteiger partial charge in [-0.15, -0.1) is 0 Å². The van der Waals surface area contributed by atoms with Crippen LogP contribution in [-0.2, 0) is 6.54 Å². The average Bonchev–Trinajstić information content (AvgIpc) is 2.02. The largest absolute Gasteiger partial charge is 0.327 e. The van der Waals surface area contributed by atoms with Crippen molar-refractivity contribution < 1.29 is 4.48 Å². The molecule has 1 aromatic carbocycles. The Morgan fingerprint density at radius 2 is 1.64 bits per heavy atom. The lowest BCUT2D eigenvalue weighted by atomic mass is 10.1. The Kier molecular flexibility index (Phi) is 3.12. The van der Waals surface area contributed by atoms with Gasteiger partial charge in [-0.2, -0.15) is 0 Å². The molecule has 1 nitrogen and oxygen atoms in total. The maximum atomic E-state index is 3.93. The highest BCUT2D eigenvalue weighted by molar-refractivity contribution is 5.61. The molecule has 1 heteroatoms. The Hall–Kier alpha value is -1.08. The summed E-state index contributed by atoms with van der Waals surface area (Å²) in [6.45, 7) is 7.03. The molecule has 0 aliphatic carbocycles. The molecule has 0 amide bonds. The zero-order valence-corrected chi connectivity index (χ0v) is 9.67. The Morgan fingerprint density at radius 1 is 1.14 bits per heavy atom. The molecular formula is C13H20N+. The van der Waals surface area contributed by atoms with Crippen LogP contribution in [0.1, 0.15) is 18.1 Å². The standard InChI is InChI=1S/C13H20N/c1-11(2)13-8-6-12(7-9-13)10-14(3,4)5/h6-9H,1,10H2,2-5H3/q+1. The smallest absolute Gasteiger partial charge is 0.104 e. The van der Waals surface area contributed by atoms with Gasteiger partial charge < -0.3 is 4.48 Å². The summed E-state index contributed by atoms with van der Waals surface area (Å²) in [5.74, 6) is 0. The van der Waals surface area contributed by atoms with Crippen molar-refractivity contribution in [3.8, 4) is 0 Å². The molecule has 14 heavy (non-hydrogen) atoms. The summed E-state index contributed by atoms with van der Waals surface area (Å²) >= 11 is 0. The molecule has 0 radical (unpaired) electrons. The van der Waals surface area contributed by atoms with Gasteiger partial charge in [0.05, 0.1) is 21.1 Å². The van der Waals surface area contributed by atoms with E-state index in [2.05, 4.69) is 52.0 Å². The Morgan fingerprint density at radius 3 is 2.00 bits per heavy atom. The molecule has 0 fully saturated rings. The summed E-state index contributed by atoms with van der Waals surface area (Å²) in [6.07, 6.45) is 0. The van der Waals surface area contributed by atoms with Gasteiger partial charge in [0.1, 0.15) is 6.54 Å². The van der Waals surface area contributed by atoms with Crippen molar-refractivity contribution in [3.63, 3.8) is 0 Å². The van der Waals surface area contributed by atoms with E-state index in [0.29, 0.717) is 0 Å². The Balaban J connectivity index is 2.79. The molecule has 0 N–H and O–H groups in total. The van der Waals surface area contributed by atoms with Crippen molar-refractivity contribution in [2.24, 2.45) is 0 Å². The van der Waals surface area contributed by atoms with E-state index in [9.17, 15) is 0 Å². The van der Waals surface area contributed by atoms with Crippen LogP contribution in [0.3, 0.4) is 0 Å². The molecular weight excluding hydrogens is 170 g/mol. The summed E-state index contributed by atoms with van der Waals surface area (Å²) in [5.41, 5.74) is 3.74. The maximum Gasteiger partial charge on any atom is 0.104 e. The van der Waals surface area contributed by atoms with E-state index in [1.807, 2.05) is 6.92 Å². The Labute approximate surface area is 87.3 Å². The third-order valence-corrected chi connectivity index (χ3v) is 2.10. The summed E-state index contributed by atoms with van der Waals surface area (Å²) < 4.78 is 0.965. The SMILES string of the molecule is C=C(C)c1ccc(C[N+](C)(C)C)cc1. The second-order valence-corrected chi connectivity index (χ2v) is 4.93. The molecule has 0 saturated carbocycles. The second-order valence-electron chi connectivity index (χ2n) is 4.93. The quantitative estimate of drug-likeness (QED) is 0.643. The Bertz CT molecular complexity index is 314. The maximum absolute atomic E-state index is 3.93. The van der Waals surface area contributed by atoms with Gasteiger partial charge in [-0.25, -0.2) is 0 Å². The molecule has 76 valence electrons. The van der Waals surface area contributed by atoms with Crippen LogP contribution in [-0.4, -0.2) is 25.6 Å². The van der Waals surface area contributed by atoms with Gasteiger partial charge in [0.2, 0.25) is 0 Å². The molecule has 0 bridgehead atoms. The molecule has 0 aliphatic rings. The average molecular weight is 190 g/mol. The van der Waals surface area contributed by atoms with Crippen LogP contribution in [0.2, 0.25) is 0 Å². The molecule has 1 rings (SSSR count). The van der Waals surface area contributed by atoms with Gasteiger partial charge in [-0.05, 0) is 12.5 Å². The molecule has 0 atom stereocenters. The minimum atomic E-state index is 0.965. The lowest BCUT2D eigenvalue weighted by Crippen LogP contribution is -2.33. The van der Waals surface area contributed by atoms with E-state index in [0.717, 1.165) is 16.6 Å². The van der Waals surface area contributed by atoms with Crippen LogP contribution < -0.4 is 0 Å². The molecule has 1 aromatic rings. The third kappa shape index (κ3) is 3.35.